The monoisotopic (exact) mass is 660 g/mol. The summed E-state index contributed by atoms with van der Waals surface area (Å²) in [6.07, 6.45) is 3.11. The number of aryl methyl sites for hydroxylation is 2. The molecule has 0 aliphatic carbocycles. The van der Waals surface area contributed by atoms with Crippen molar-refractivity contribution in [1.82, 2.24) is 9.88 Å². The number of carbonyl (C=O) groups is 1. The van der Waals surface area contributed by atoms with Gasteiger partial charge in [-0.3, -0.25) is 14.7 Å². The molecule has 0 amide bonds. The quantitative estimate of drug-likeness (QED) is 0.243. The molecule has 0 saturated carbocycles. The largest absolute Gasteiger partial charge is 0.463 e. The van der Waals surface area contributed by atoms with E-state index in [1.165, 1.54) is 11.1 Å². The lowest BCUT2D eigenvalue weighted by Gasteiger charge is -2.40. The molecule has 0 spiro atoms. The third kappa shape index (κ3) is 10.1. The number of halogens is 1. The SMILES string of the molecule is CC(C)(C)O.Cc1cc(F)ccc1CN1CCc2cc(-c3c(CN)nc(C)c(CC(=O)OC(C)C)c3N3CCC(C)(C)CC3)ccc2C1. The van der Waals surface area contributed by atoms with Gasteiger partial charge in [-0.2, -0.15) is 0 Å². The van der Waals surface area contributed by atoms with Gasteiger partial charge in [-0.1, -0.05) is 38.1 Å². The number of nitrogens with two attached hydrogens (primary N) is 1. The van der Waals surface area contributed by atoms with E-state index in [1.807, 2.05) is 33.8 Å². The number of pyridine rings is 1. The smallest absolute Gasteiger partial charge is 0.310 e. The van der Waals surface area contributed by atoms with Crippen molar-refractivity contribution in [3.05, 3.63) is 81.4 Å². The summed E-state index contributed by atoms with van der Waals surface area (Å²) in [6, 6.07) is 11.8. The average Bonchev–Trinajstić information content (AvgIpc) is 2.98. The summed E-state index contributed by atoms with van der Waals surface area (Å²) in [5.41, 5.74) is 16.8. The highest BCUT2D eigenvalue weighted by atomic mass is 19.1. The van der Waals surface area contributed by atoms with Crippen LogP contribution in [0.2, 0.25) is 0 Å². The Kier molecular flexibility index (Phi) is 12.1. The molecule has 5 rings (SSSR count). The Morgan fingerprint density at radius 1 is 1.06 bits per heavy atom. The highest BCUT2D eigenvalue weighted by Crippen LogP contribution is 2.42. The molecule has 0 unspecified atom stereocenters. The van der Waals surface area contributed by atoms with Crippen molar-refractivity contribution in [3.8, 4) is 11.1 Å². The summed E-state index contributed by atoms with van der Waals surface area (Å²) in [5.74, 6) is -0.417. The van der Waals surface area contributed by atoms with Gasteiger partial charge in [0.1, 0.15) is 5.82 Å². The first-order valence-electron chi connectivity index (χ1n) is 17.4. The Labute approximate surface area is 287 Å². The van der Waals surface area contributed by atoms with Crippen LogP contribution in [0.1, 0.15) is 101 Å². The maximum absolute atomic E-state index is 13.6. The van der Waals surface area contributed by atoms with Gasteiger partial charge in [0.05, 0.1) is 29.5 Å². The Morgan fingerprint density at radius 2 is 1.73 bits per heavy atom. The van der Waals surface area contributed by atoms with E-state index < -0.39 is 5.60 Å². The predicted octanol–water partition coefficient (Wildman–Crippen LogP) is 7.42. The van der Waals surface area contributed by atoms with E-state index in [9.17, 15) is 9.18 Å². The minimum Gasteiger partial charge on any atom is -0.463 e. The highest BCUT2D eigenvalue weighted by Gasteiger charge is 2.31. The van der Waals surface area contributed by atoms with Crippen LogP contribution < -0.4 is 10.6 Å². The van der Waals surface area contributed by atoms with Gasteiger partial charge < -0.3 is 20.5 Å². The Hall–Kier alpha value is -3.33. The van der Waals surface area contributed by atoms with E-state index in [4.69, 9.17) is 20.6 Å². The molecule has 2 aromatic carbocycles. The van der Waals surface area contributed by atoms with Crippen LogP contribution in [0.3, 0.4) is 0 Å². The Morgan fingerprint density at radius 3 is 2.33 bits per heavy atom. The first-order chi connectivity index (χ1) is 22.4. The normalized spacial score (nSPS) is 16.3. The fourth-order valence-electron chi connectivity index (χ4n) is 6.56. The summed E-state index contributed by atoms with van der Waals surface area (Å²) in [4.78, 5) is 22.9. The minimum atomic E-state index is -0.500. The van der Waals surface area contributed by atoms with Gasteiger partial charge in [0.25, 0.3) is 0 Å². The van der Waals surface area contributed by atoms with E-state index in [0.717, 1.165) is 96.9 Å². The zero-order valence-corrected chi connectivity index (χ0v) is 30.7. The number of nitrogens with zero attached hydrogens (tertiary/aromatic N) is 3. The zero-order chi connectivity index (χ0) is 35.4. The summed E-state index contributed by atoms with van der Waals surface area (Å²) in [7, 11) is 0. The van der Waals surface area contributed by atoms with E-state index >= 15 is 0 Å². The highest BCUT2D eigenvalue weighted by molar-refractivity contribution is 5.87. The van der Waals surface area contributed by atoms with Crippen LogP contribution in [0.5, 0.6) is 0 Å². The molecule has 3 heterocycles. The van der Waals surface area contributed by atoms with Crippen molar-refractivity contribution in [2.75, 3.05) is 24.5 Å². The van der Waals surface area contributed by atoms with Crippen molar-refractivity contribution in [2.24, 2.45) is 11.1 Å². The van der Waals surface area contributed by atoms with Crippen molar-refractivity contribution < 1.29 is 19.0 Å². The van der Waals surface area contributed by atoms with Gasteiger partial charge in [0.2, 0.25) is 0 Å². The number of esters is 1. The molecule has 0 radical (unpaired) electrons. The molecule has 3 aromatic rings. The first-order valence-corrected chi connectivity index (χ1v) is 17.4. The molecule has 2 aliphatic heterocycles. The molecular formula is C40H57FN4O3. The van der Waals surface area contributed by atoms with E-state index in [-0.39, 0.29) is 29.7 Å². The van der Waals surface area contributed by atoms with Crippen LogP contribution >= 0.6 is 0 Å². The average molecular weight is 661 g/mol. The molecule has 1 fully saturated rings. The number of fused-ring (bicyclic) bond motifs is 1. The number of aromatic nitrogens is 1. The summed E-state index contributed by atoms with van der Waals surface area (Å²) >= 11 is 0. The van der Waals surface area contributed by atoms with Crippen LogP contribution in [0.4, 0.5) is 10.1 Å². The third-order valence-electron chi connectivity index (χ3n) is 9.15. The van der Waals surface area contributed by atoms with Crippen molar-refractivity contribution >= 4 is 11.7 Å². The van der Waals surface area contributed by atoms with Gasteiger partial charge in [0, 0.05) is 56.1 Å². The summed E-state index contributed by atoms with van der Waals surface area (Å²) < 4.78 is 19.2. The molecule has 2 aliphatic rings. The summed E-state index contributed by atoms with van der Waals surface area (Å²) in [6.45, 7) is 22.4. The molecule has 3 N–H and O–H groups in total. The number of piperidine rings is 1. The van der Waals surface area contributed by atoms with Gasteiger partial charge >= 0.3 is 5.97 Å². The number of benzene rings is 2. The number of hydrogen-bond donors (Lipinski definition) is 2. The first kappa shape index (κ1) is 37.5. The van der Waals surface area contributed by atoms with Gasteiger partial charge in [-0.15, -0.1) is 0 Å². The summed E-state index contributed by atoms with van der Waals surface area (Å²) in [5, 5.41) is 8.52. The van der Waals surface area contributed by atoms with Crippen LogP contribution in [-0.4, -0.2) is 52.3 Å². The van der Waals surface area contributed by atoms with Crippen LogP contribution in [0.15, 0.2) is 36.4 Å². The predicted molar refractivity (Wildman–Crippen MR) is 193 cm³/mol. The molecule has 262 valence electrons. The maximum Gasteiger partial charge on any atom is 0.310 e. The van der Waals surface area contributed by atoms with Crippen LogP contribution in [0, 0.1) is 25.1 Å². The lowest BCUT2D eigenvalue weighted by Crippen LogP contribution is -2.38. The van der Waals surface area contributed by atoms with E-state index in [2.05, 4.69) is 41.8 Å². The molecule has 7 nitrogen and oxygen atoms in total. The number of ether oxygens (including phenoxy) is 1. The van der Waals surface area contributed by atoms with Crippen LogP contribution in [0.25, 0.3) is 11.1 Å². The second-order valence-corrected chi connectivity index (χ2v) is 15.6. The maximum atomic E-state index is 13.6. The zero-order valence-electron chi connectivity index (χ0n) is 30.7. The number of carbonyl (C=O) groups excluding carboxylic acids is 1. The van der Waals surface area contributed by atoms with Gasteiger partial charge in [0.15, 0.2) is 0 Å². The molecule has 48 heavy (non-hydrogen) atoms. The second kappa shape index (κ2) is 15.5. The fraction of sp³-hybridized carbons (Fsp3) is 0.550. The van der Waals surface area contributed by atoms with Crippen LogP contribution in [-0.2, 0) is 42.0 Å². The number of rotatable bonds is 8. The Bertz CT molecular complexity index is 1580. The lowest BCUT2D eigenvalue weighted by molar-refractivity contribution is -0.146. The molecule has 0 atom stereocenters. The topological polar surface area (TPSA) is 91.9 Å². The van der Waals surface area contributed by atoms with Crippen molar-refractivity contribution in [2.45, 2.75) is 119 Å². The second-order valence-electron chi connectivity index (χ2n) is 15.6. The fourth-order valence-corrected chi connectivity index (χ4v) is 6.56. The molecule has 0 bridgehead atoms. The minimum absolute atomic E-state index is 0.171. The van der Waals surface area contributed by atoms with Crippen molar-refractivity contribution in [1.29, 1.82) is 0 Å². The third-order valence-corrected chi connectivity index (χ3v) is 9.15. The van der Waals surface area contributed by atoms with Gasteiger partial charge in [-0.25, -0.2) is 4.39 Å². The number of aliphatic hydroxyl groups is 1. The Balaban J connectivity index is 0.000000968. The van der Waals surface area contributed by atoms with E-state index in [0.29, 0.717) is 6.54 Å². The van der Waals surface area contributed by atoms with E-state index in [1.54, 1.807) is 32.9 Å². The standard InChI is InChI=1S/C36H47FN4O2.C4H10O/c1-23(2)43-33(42)19-31-25(4)39-32(20-38)34(35(31)41-15-12-36(5,6)13-16-41)27-7-8-29-22-40(14-11-26(29)18-27)21-28-9-10-30(37)17-24(28)3;1-4(2,3)5/h7-10,17-18,23H,11-16,19-22,38H2,1-6H3;5H,1-3H3. The van der Waals surface area contributed by atoms with Crippen molar-refractivity contribution in [3.63, 3.8) is 0 Å². The number of hydrogen-bond acceptors (Lipinski definition) is 7. The lowest BCUT2D eigenvalue weighted by atomic mass is 9.81. The molecule has 8 heteroatoms. The molecular weight excluding hydrogens is 603 g/mol. The van der Waals surface area contributed by atoms with Gasteiger partial charge in [-0.05, 0) is 113 Å². The number of anilines is 1. The molecule has 1 saturated heterocycles. The molecule has 1 aromatic heterocycles.